The summed E-state index contributed by atoms with van der Waals surface area (Å²) in [6.07, 6.45) is -0.631. The van der Waals surface area contributed by atoms with E-state index < -0.39 is 12.1 Å². The summed E-state index contributed by atoms with van der Waals surface area (Å²) < 4.78 is 10.7. The van der Waals surface area contributed by atoms with Crippen molar-refractivity contribution in [2.24, 2.45) is 5.92 Å². The number of amides is 1. The number of ether oxygens (including phenoxy) is 2. The van der Waals surface area contributed by atoms with Crippen molar-refractivity contribution in [3.05, 3.63) is 18.2 Å². The van der Waals surface area contributed by atoms with Crippen LogP contribution in [0.25, 0.3) is 0 Å². The van der Waals surface area contributed by atoms with Gasteiger partial charge in [0.15, 0.2) is 6.10 Å². The molecule has 2 N–H and O–H groups in total. The third-order valence-electron chi connectivity index (χ3n) is 3.26. The van der Waals surface area contributed by atoms with Gasteiger partial charge < -0.3 is 15.2 Å². The molecule has 1 aliphatic heterocycles. The fourth-order valence-corrected chi connectivity index (χ4v) is 2.29. The standard InChI is InChI=1S/C15H20N2O4/c1-4-20-12(18)8-17-13-10(16)6-5-7-11(13)21-14(9(2)3)15(17)19/h5-7,9,14H,4,8,16H2,1-3H3. The van der Waals surface area contributed by atoms with Gasteiger partial charge in [-0.2, -0.15) is 0 Å². The molecular formula is C15H20N2O4. The van der Waals surface area contributed by atoms with E-state index in [9.17, 15) is 9.59 Å². The van der Waals surface area contributed by atoms with E-state index in [1.807, 2.05) is 13.8 Å². The Bertz CT molecular complexity index is 557. The van der Waals surface area contributed by atoms with Crippen LogP contribution in [-0.4, -0.2) is 31.1 Å². The van der Waals surface area contributed by atoms with E-state index in [2.05, 4.69) is 0 Å². The monoisotopic (exact) mass is 292 g/mol. The molecule has 1 aromatic rings. The van der Waals surface area contributed by atoms with E-state index in [0.717, 1.165) is 0 Å². The average Bonchev–Trinajstić information content (AvgIpc) is 2.41. The Morgan fingerprint density at radius 1 is 1.48 bits per heavy atom. The lowest BCUT2D eigenvalue weighted by Gasteiger charge is -2.36. The molecule has 0 bridgehead atoms. The van der Waals surface area contributed by atoms with Gasteiger partial charge in [-0.15, -0.1) is 0 Å². The SMILES string of the molecule is CCOC(=O)CN1C(=O)C(C(C)C)Oc2cccc(N)c21. The third kappa shape index (κ3) is 2.94. The number of rotatable bonds is 4. The first kappa shape index (κ1) is 15.2. The maximum absolute atomic E-state index is 12.6. The number of benzene rings is 1. The lowest BCUT2D eigenvalue weighted by atomic mass is 10.0. The summed E-state index contributed by atoms with van der Waals surface area (Å²) in [5.74, 6) is -0.248. The number of carbonyl (C=O) groups is 2. The molecule has 1 aromatic carbocycles. The van der Waals surface area contributed by atoms with Crippen LogP contribution >= 0.6 is 0 Å². The van der Waals surface area contributed by atoms with E-state index in [-0.39, 0.29) is 25.0 Å². The number of hydrogen-bond acceptors (Lipinski definition) is 5. The van der Waals surface area contributed by atoms with Gasteiger partial charge in [-0.25, -0.2) is 0 Å². The first-order valence-corrected chi connectivity index (χ1v) is 6.97. The molecule has 21 heavy (non-hydrogen) atoms. The maximum atomic E-state index is 12.6. The molecule has 1 heterocycles. The quantitative estimate of drug-likeness (QED) is 0.673. The molecule has 0 aliphatic carbocycles. The number of hydrogen-bond donors (Lipinski definition) is 1. The molecule has 0 aromatic heterocycles. The highest BCUT2D eigenvalue weighted by atomic mass is 16.5. The van der Waals surface area contributed by atoms with Crippen LogP contribution < -0.4 is 15.4 Å². The first-order chi connectivity index (χ1) is 9.95. The topological polar surface area (TPSA) is 81.9 Å². The highest BCUT2D eigenvalue weighted by Gasteiger charge is 2.38. The zero-order valence-corrected chi connectivity index (χ0v) is 12.5. The number of fused-ring (bicyclic) bond motifs is 1. The van der Waals surface area contributed by atoms with Gasteiger partial charge in [0.25, 0.3) is 5.91 Å². The van der Waals surface area contributed by atoms with Crippen molar-refractivity contribution >= 4 is 23.3 Å². The van der Waals surface area contributed by atoms with Crippen molar-refractivity contribution in [1.82, 2.24) is 0 Å². The largest absolute Gasteiger partial charge is 0.478 e. The predicted molar refractivity (Wildman–Crippen MR) is 79.1 cm³/mol. The molecule has 114 valence electrons. The Labute approximate surface area is 123 Å². The third-order valence-corrected chi connectivity index (χ3v) is 3.26. The van der Waals surface area contributed by atoms with Crippen LogP contribution in [0, 0.1) is 5.92 Å². The molecule has 0 spiro atoms. The second-order valence-electron chi connectivity index (χ2n) is 5.21. The summed E-state index contributed by atoms with van der Waals surface area (Å²) in [6.45, 7) is 5.60. The molecule has 0 fully saturated rings. The van der Waals surface area contributed by atoms with Crippen molar-refractivity contribution in [3.8, 4) is 5.75 Å². The summed E-state index contributed by atoms with van der Waals surface area (Å²) in [7, 11) is 0. The highest BCUT2D eigenvalue weighted by molar-refractivity contribution is 6.05. The number of nitrogen functional groups attached to an aromatic ring is 1. The molecule has 1 atom stereocenters. The zero-order chi connectivity index (χ0) is 15.6. The van der Waals surface area contributed by atoms with Gasteiger partial charge in [0.2, 0.25) is 0 Å². The minimum absolute atomic E-state index is 0.0169. The summed E-state index contributed by atoms with van der Waals surface area (Å²) >= 11 is 0. The summed E-state index contributed by atoms with van der Waals surface area (Å²) in [5, 5.41) is 0. The van der Waals surface area contributed by atoms with E-state index >= 15 is 0 Å². The summed E-state index contributed by atoms with van der Waals surface area (Å²) in [6, 6.07) is 5.17. The summed E-state index contributed by atoms with van der Waals surface area (Å²) in [4.78, 5) is 25.7. The fourth-order valence-electron chi connectivity index (χ4n) is 2.29. The van der Waals surface area contributed by atoms with Gasteiger partial charge in [0.05, 0.1) is 12.3 Å². The van der Waals surface area contributed by atoms with Crippen LogP contribution in [0.1, 0.15) is 20.8 Å². The molecule has 1 amide bonds. The van der Waals surface area contributed by atoms with Gasteiger partial charge >= 0.3 is 5.97 Å². The Balaban J connectivity index is 2.40. The van der Waals surface area contributed by atoms with E-state index in [1.165, 1.54) is 4.90 Å². The molecule has 0 saturated heterocycles. The minimum Gasteiger partial charge on any atom is -0.478 e. The van der Waals surface area contributed by atoms with Gasteiger partial charge in [0.1, 0.15) is 18.0 Å². The van der Waals surface area contributed by atoms with Crippen molar-refractivity contribution < 1.29 is 19.1 Å². The molecule has 0 radical (unpaired) electrons. The molecule has 6 nitrogen and oxygen atoms in total. The van der Waals surface area contributed by atoms with E-state index in [4.69, 9.17) is 15.2 Å². The zero-order valence-electron chi connectivity index (χ0n) is 12.5. The van der Waals surface area contributed by atoms with E-state index in [0.29, 0.717) is 17.1 Å². The number of nitrogens with zero attached hydrogens (tertiary/aromatic N) is 1. The van der Waals surface area contributed by atoms with Crippen LogP contribution in [0.4, 0.5) is 11.4 Å². The van der Waals surface area contributed by atoms with Crippen molar-refractivity contribution in [2.75, 3.05) is 23.8 Å². The van der Waals surface area contributed by atoms with Crippen molar-refractivity contribution in [2.45, 2.75) is 26.9 Å². The number of anilines is 2. The Kier molecular flexibility index (Phi) is 4.35. The molecule has 6 heteroatoms. The van der Waals surface area contributed by atoms with Crippen molar-refractivity contribution in [3.63, 3.8) is 0 Å². The Morgan fingerprint density at radius 2 is 2.19 bits per heavy atom. The lowest BCUT2D eigenvalue weighted by Crippen LogP contribution is -2.50. The first-order valence-electron chi connectivity index (χ1n) is 6.97. The second kappa shape index (κ2) is 6.03. The predicted octanol–water partition coefficient (Wildman–Crippen LogP) is 1.58. The van der Waals surface area contributed by atoms with E-state index in [1.54, 1.807) is 25.1 Å². The Morgan fingerprint density at radius 3 is 2.81 bits per heavy atom. The van der Waals surface area contributed by atoms with Crippen LogP contribution in [0.2, 0.25) is 0 Å². The molecular weight excluding hydrogens is 272 g/mol. The van der Waals surface area contributed by atoms with Gasteiger partial charge in [-0.05, 0) is 25.0 Å². The summed E-state index contributed by atoms with van der Waals surface area (Å²) in [5.41, 5.74) is 6.77. The van der Waals surface area contributed by atoms with Crippen LogP contribution in [0.5, 0.6) is 5.75 Å². The molecule has 2 rings (SSSR count). The van der Waals surface area contributed by atoms with Gasteiger partial charge in [0, 0.05) is 0 Å². The number of carbonyl (C=O) groups excluding carboxylic acids is 2. The molecule has 1 aliphatic rings. The second-order valence-corrected chi connectivity index (χ2v) is 5.21. The van der Waals surface area contributed by atoms with Crippen LogP contribution in [0.3, 0.4) is 0 Å². The maximum Gasteiger partial charge on any atom is 0.326 e. The van der Waals surface area contributed by atoms with Crippen LogP contribution in [0.15, 0.2) is 18.2 Å². The number of nitrogens with two attached hydrogens (primary N) is 1. The van der Waals surface area contributed by atoms with Crippen molar-refractivity contribution in [1.29, 1.82) is 0 Å². The number of para-hydroxylation sites is 1. The van der Waals surface area contributed by atoms with Crippen LogP contribution in [-0.2, 0) is 14.3 Å². The van der Waals surface area contributed by atoms with Gasteiger partial charge in [-0.1, -0.05) is 19.9 Å². The Hall–Kier alpha value is -2.24. The fraction of sp³-hybridized carbons (Fsp3) is 0.467. The van der Waals surface area contributed by atoms with Gasteiger partial charge in [-0.3, -0.25) is 14.5 Å². The number of esters is 1. The highest BCUT2D eigenvalue weighted by Crippen LogP contribution is 2.39. The molecule has 0 saturated carbocycles. The minimum atomic E-state index is -0.631. The smallest absolute Gasteiger partial charge is 0.326 e. The average molecular weight is 292 g/mol. The normalized spacial score (nSPS) is 17.4. The molecule has 1 unspecified atom stereocenters. The lowest BCUT2D eigenvalue weighted by molar-refractivity contribution is -0.143.